The maximum Gasteiger partial charge on any atom is 0.227 e. The van der Waals surface area contributed by atoms with E-state index < -0.39 is 0 Å². The summed E-state index contributed by atoms with van der Waals surface area (Å²) in [7, 11) is 0. The summed E-state index contributed by atoms with van der Waals surface area (Å²) in [5.41, 5.74) is 4.24. The molecule has 1 amide bonds. The monoisotopic (exact) mass is 331 g/mol. The summed E-state index contributed by atoms with van der Waals surface area (Å²) in [5, 5.41) is 7.88. The number of hydrogen-bond acceptors (Lipinski definition) is 2. The fraction of sp³-hybridized carbons (Fsp3) is 0.444. The number of carbonyl (C=O) groups is 1. The van der Waals surface area contributed by atoms with Gasteiger partial charge in [0.2, 0.25) is 5.91 Å². The Labute approximate surface area is 141 Å². The molecule has 1 N–H and O–H groups in total. The maximum absolute atomic E-state index is 12.5. The lowest BCUT2D eigenvalue weighted by molar-refractivity contribution is -0.129. The van der Waals surface area contributed by atoms with Crippen molar-refractivity contribution in [2.45, 2.75) is 33.1 Å². The lowest BCUT2D eigenvalue weighted by Gasteiger charge is -2.17. The number of aromatic amines is 1. The van der Waals surface area contributed by atoms with Crippen molar-refractivity contribution in [3.63, 3.8) is 0 Å². The Hall–Kier alpha value is -1.81. The fourth-order valence-electron chi connectivity index (χ4n) is 3.28. The molecule has 1 saturated heterocycles. The third-order valence-corrected chi connectivity index (χ3v) is 4.94. The summed E-state index contributed by atoms with van der Waals surface area (Å²) in [5.74, 6) is 0.739. The van der Waals surface area contributed by atoms with Crippen LogP contribution in [0.25, 0.3) is 0 Å². The Balaban J connectivity index is 1.56. The third-order valence-electron chi connectivity index (χ3n) is 4.68. The van der Waals surface area contributed by atoms with E-state index in [2.05, 4.69) is 22.3 Å². The molecule has 2 aromatic rings. The van der Waals surface area contributed by atoms with Crippen LogP contribution < -0.4 is 0 Å². The second-order valence-corrected chi connectivity index (χ2v) is 6.85. The van der Waals surface area contributed by atoms with Crippen LogP contribution in [0.5, 0.6) is 0 Å². The van der Waals surface area contributed by atoms with Gasteiger partial charge < -0.3 is 4.90 Å². The molecule has 1 aliphatic heterocycles. The zero-order valence-electron chi connectivity index (χ0n) is 13.6. The van der Waals surface area contributed by atoms with Crippen LogP contribution >= 0.6 is 11.6 Å². The summed E-state index contributed by atoms with van der Waals surface area (Å²) in [6.45, 7) is 5.61. The molecule has 4 nitrogen and oxygen atoms in total. The minimum absolute atomic E-state index is 0.205. The fourth-order valence-corrected chi connectivity index (χ4v) is 3.40. The molecule has 122 valence electrons. The van der Waals surface area contributed by atoms with Crippen molar-refractivity contribution in [1.82, 2.24) is 15.1 Å². The summed E-state index contributed by atoms with van der Waals surface area (Å²) in [6.07, 6.45) is 2.52. The van der Waals surface area contributed by atoms with E-state index in [1.54, 1.807) is 0 Å². The van der Waals surface area contributed by atoms with Crippen LogP contribution in [-0.4, -0.2) is 34.1 Å². The van der Waals surface area contributed by atoms with Crippen LogP contribution in [0.15, 0.2) is 24.3 Å². The number of rotatable bonds is 4. The SMILES string of the molecule is Cc1n[nH]c(C)c1CC(=O)N1CCC(Cc2ccc(Cl)cc2)C1. The highest BCUT2D eigenvalue weighted by molar-refractivity contribution is 6.30. The number of nitrogens with one attached hydrogen (secondary N) is 1. The first-order valence-electron chi connectivity index (χ1n) is 8.05. The molecule has 1 aliphatic rings. The van der Waals surface area contributed by atoms with E-state index in [0.29, 0.717) is 12.3 Å². The van der Waals surface area contributed by atoms with E-state index in [9.17, 15) is 4.79 Å². The van der Waals surface area contributed by atoms with Gasteiger partial charge >= 0.3 is 0 Å². The Morgan fingerprint density at radius 2 is 2.09 bits per heavy atom. The van der Waals surface area contributed by atoms with Crippen molar-refractivity contribution >= 4 is 17.5 Å². The van der Waals surface area contributed by atoms with Crippen molar-refractivity contribution in [2.75, 3.05) is 13.1 Å². The van der Waals surface area contributed by atoms with Crippen LogP contribution in [-0.2, 0) is 17.6 Å². The van der Waals surface area contributed by atoms with Crippen molar-refractivity contribution in [1.29, 1.82) is 0 Å². The van der Waals surface area contributed by atoms with Crippen molar-refractivity contribution in [2.24, 2.45) is 5.92 Å². The van der Waals surface area contributed by atoms with Gasteiger partial charge in [-0.3, -0.25) is 9.89 Å². The van der Waals surface area contributed by atoms with Gasteiger partial charge in [0.25, 0.3) is 0 Å². The predicted molar refractivity (Wildman–Crippen MR) is 91.6 cm³/mol. The number of hydrogen-bond donors (Lipinski definition) is 1. The molecule has 1 aromatic heterocycles. The number of carbonyl (C=O) groups excluding carboxylic acids is 1. The van der Waals surface area contributed by atoms with Crippen LogP contribution in [0.3, 0.4) is 0 Å². The molecule has 5 heteroatoms. The molecule has 2 heterocycles. The first kappa shape index (κ1) is 16.1. The van der Waals surface area contributed by atoms with Crippen LogP contribution in [0.4, 0.5) is 0 Å². The molecular formula is C18H22ClN3O. The van der Waals surface area contributed by atoms with Crippen LogP contribution in [0, 0.1) is 19.8 Å². The number of nitrogens with zero attached hydrogens (tertiary/aromatic N) is 2. The molecule has 23 heavy (non-hydrogen) atoms. The van der Waals surface area contributed by atoms with Gasteiger partial charge in [-0.25, -0.2) is 0 Å². The van der Waals surface area contributed by atoms with Gasteiger partial charge in [-0.1, -0.05) is 23.7 Å². The topological polar surface area (TPSA) is 49.0 Å². The maximum atomic E-state index is 12.5. The predicted octanol–water partition coefficient (Wildman–Crippen LogP) is 3.31. The Morgan fingerprint density at radius 3 is 2.74 bits per heavy atom. The minimum atomic E-state index is 0.205. The molecule has 0 spiro atoms. The lowest BCUT2D eigenvalue weighted by atomic mass is 9.99. The molecule has 0 bridgehead atoms. The van der Waals surface area contributed by atoms with Gasteiger partial charge in [-0.15, -0.1) is 0 Å². The van der Waals surface area contributed by atoms with Crippen molar-refractivity contribution < 1.29 is 4.79 Å². The Kier molecular flexibility index (Phi) is 4.71. The smallest absolute Gasteiger partial charge is 0.227 e. The molecule has 1 aromatic carbocycles. The van der Waals surface area contributed by atoms with E-state index in [1.807, 2.05) is 30.9 Å². The molecule has 1 atom stereocenters. The highest BCUT2D eigenvalue weighted by Crippen LogP contribution is 2.23. The van der Waals surface area contributed by atoms with Gasteiger partial charge in [-0.2, -0.15) is 5.10 Å². The summed E-state index contributed by atoms with van der Waals surface area (Å²) >= 11 is 5.93. The molecular weight excluding hydrogens is 310 g/mol. The van der Waals surface area contributed by atoms with Gasteiger partial charge in [0.05, 0.1) is 12.1 Å². The number of halogens is 1. The molecule has 0 aliphatic carbocycles. The van der Waals surface area contributed by atoms with Gasteiger partial charge in [0, 0.05) is 29.4 Å². The highest BCUT2D eigenvalue weighted by Gasteiger charge is 2.27. The first-order valence-corrected chi connectivity index (χ1v) is 8.43. The number of aryl methyl sites for hydroxylation is 2. The standard InChI is InChI=1S/C18H22ClN3O/c1-12-17(13(2)21-20-12)10-18(23)22-8-7-15(11-22)9-14-3-5-16(19)6-4-14/h3-6,15H,7-11H2,1-2H3,(H,20,21). The number of amides is 1. The molecule has 1 unspecified atom stereocenters. The Bertz CT molecular complexity index is 673. The summed E-state index contributed by atoms with van der Waals surface area (Å²) < 4.78 is 0. The third kappa shape index (κ3) is 3.75. The summed E-state index contributed by atoms with van der Waals surface area (Å²) in [4.78, 5) is 14.5. The first-order chi connectivity index (χ1) is 11.0. The highest BCUT2D eigenvalue weighted by atomic mass is 35.5. The Morgan fingerprint density at radius 1 is 1.35 bits per heavy atom. The zero-order valence-corrected chi connectivity index (χ0v) is 14.4. The van der Waals surface area contributed by atoms with E-state index in [-0.39, 0.29) is 5.91 Å². The zero-order chi connectivity index (χ0) is 16.4. The van der Waals surface area contributed by atoms with E-state index >= 15 is 0 Å². The van der Waals surface area contributed by atoms with Crippen molar-refractivity contribution in [3.05, 3.63) is 51.8 Å². The second-order valence-electron chi connectivity index (χ2n) is 6.41. The second kappa shape index (κ2) is 6.75. The quantitative estimate of drug-likeness (QED) is 0.934. The number of benzene rings is 1. The normalized spacial score (nSPS) is 17.7. The van der Waals surface area contributed by atoms with Crippen LogP contribution in [0.2, 0.25) is 5.02 Å². The summed E-state index contributed by atoms with van der Waals surface area (Å²) in [6, 6.07) is 8.01. The van der Waals surface area contributed by atoms with E-state index in [4.69, 9.17) is 11.6 Å². The molecule has 1 fully saturated rings. The van der Waals surface area contributed by atoms with Gasteiger partial charge in [0.1, 0.15) is 0 Å². The van der Waals surface area contributed by atoms with E-state index in [0.717, 1.165) is 47.9 Å². The minimum Gasteiger partial charge on any atom is -0.342 e. The average molecular weight is 332 g/mol. The average Bonchev–Trinajstić information content (AvgIpc) is 3.11. The molecule has 0 saturated carbocycles. The van der Waals surface area contributed by atoms with Crippen LogP contribution in [0.1, 0.15) is 28.9 Å². The molecule has 0 radical (unpaired) electrons. The van der Waals surface area contributed by atoms with Crippen molar-refractivity contribution in [3.8, 4) is 0 Å². The van der Waals surface area contributed by atoms with Gasteiger partial charge in [-0.05, 0) is 50.3 Å². The number of likely N-dealkylation sites (tertiary alicyclic amines) is 1. The molecule has 3 rings (SSSR count). The van der Waals surface area contributed by atoms with E-state index in [1.165, 1.54) is 5.56 Å². The lowest BCUT2D eigenvalue weighted by Crippen LogP contribution is -2.30. The number of aromatic nitrogens is 2. The van der Waals surface area contributed by atoms with Gasteiger partial charge in [0.15, 0.2) is 0 Å². The number of H-pyrrole nitrogens is 1. The largest absolute Gasteiger partial charge is 0.342 e.